The van der Waals surface area contributed by atoms with Gasteiger partial charge in [0.25, 0.3) is 10.0 Å². The maximum absolute atomic E-state index is 12.4. The highest BCUT2D eigenvalue weighted by Gasteiger charge is 2.19. The number of anilines is 2. The molecule has 21 heavy (non-hydrogen) atoms. The Kier molecular flexibility index (Phi) is 3.55. The Morgan fingerprint density at radius 3 is 2.62 bits per heavy atom. The van der Waals surface area contributed by atoms with Crippen LogP contribution in [0.2, 0.25) is 5.02 Å². The van der Waals surface area contributed by atoms with Crippen LogP contribution in [0.25, 0.3) is 0 Å². The van der Waals surface area contributed by atoms with Crippen molar-refractivity contribution in [2.24, 2.45) is 0 Å². The quantitative estimate of drug-likeness (QED) is 0.852. The highest BCUT2D eigenvalue weighted by Crippen LogP contribution is 2.28. The summed E-state index contributed by atoms with van der Waals surface area (Å²) in [6.07, 6.45) is 3.17. The molecule has 2 aromatic carbocycles. The number of sulfonamides is 1. The van der Waals surface area contributed by atoms with Crippen LogP contribution in [0.1, 0.15) is 17.5 Å². The van der Waals surface area contributed by atoms with Gasteiger partial charge in [0, 0.05) is 11.4 Å². The number of rotatable bonds is 3. The minimum absolute atomic E-state index is 0.00957. The van der Waals surface area contributed by atoms with Crippen molar-refractivity contribution >= 4 is 33.0 Å². The van der Waals surface area contributed by atoms with Crippen LogP contribution in [0.3, 0.4) is 0 Å². The lowest BCUT2D eigenvalue weighted by molar-refractivity contribution is 0.601. The van der Waals surface area contributed by atoms with E-state index in [1.807, 2.05) is 12.1 Å². The van der Waals surface area contributed by atoms with Crippen molar-refractivity contribution < 1.29 is 8.42 Å². The van der Waals surface area contributed by atoms with Crippen LogP contribution in [0.5, 0.6) is 0 Å². The first-order valence-electron chi connectivity index (χ1n) is 6.65. The molecule has 2 aromatic rings. The number of benzene rings is 2. The van der Waals surface area contributed by atoms with E-state index in [2.05, 4.69) is 4.72 Å². The van der Waals surface area contributed by atoms with Gasteiger partial charge >= 0.3 is 0 Å². The van der Waals surface area contributed by atoms with Crippen molar-refractivity contribution in [3.8, 4) is 0 Å². The van der Waals surface area contributed by atoms with Crippen molar-refractivity contribution in [2.75, 3.05) is 10.5 Å². The summed E-state index contributed by atoms with van der Waals surface area (Å²) in [5.41, 5.74) is 9.04. The minimum atomic E-state index is -3.75. The molecule has 0 saturated heterocycles. The van der Waals surface area contributed by atoms with Crippen LogP contribution in [-0.2, 0) is 22.9 Å². The smallest absolute Gasteiger partial charge is 0.263 e. The molecule has 3 N–H and O–H groups in total. The van der Waals surface area contributed by atoms with Gasteiger partial charge < -0.3 is 5.73 Å². The van der Waals surface area contributed by atoms with Gasteiger partial charge in [-0.25, -0.2) is 8.42 Å². The van der Waals surface area contributed by atoms with E-state index in [-0.39, 0.29) is 9.92 Å². The molecule has 4 nitrogen and oxygen atoms in total. The number of nitrogen functional groups attached to an aromatic ring is 1. The summed E-state index contributed by atoms with van der Waals surface area (Å²) in [7, 11) is -3.75. The molecule has 0 amide bonds. The minimum Gasteiger partial charge on any atom is -0.399 e. The first kappa shape index (κ1) is 14.2. The lowest BCUT2D eigenvalue weighted by Crippen LogP contribution is -2.14. The summed E-state index contributed by atoms with van der Waals surface area (Å²) in [6.45, 7) is 0. The number of nitrogens with one attached hydrogen (secondary N) is 1. The molecule has 0 fully saturated rings. The van der Waals surface area contributed by atoms with Crippen LogP contribution in [-0.4, -0.2) is 8.42 Å². The number of fused-ring (bicyclic) bond motifs is 1. The molecule has 0 saturated carbocycles. The number of aryl methyl sites for hydroxylation is 2. The summed E-state index contributed by atoms with van der Waals surface area (Å²) in [4.78, 5) is -0.00957. The third-order valence-electron chi connectivity index (χ3n) is 3.60. The maximum atomic E-state index is 12.4. The SMILES string of the molecule is Nc1ccc(Cl)c(S(=O)(=O)Nc2ccc3c(c2)CCC3)c1. The van der Waals surface area contributed by atoms with Crippen molar-refractivity contribution in [3.63, 3.8) is 0 Å². The molecule has 6 heteroatoms. The molecular formula is C15H15ClN2O2S. The van der Waals surface area contributed by atoms with E-state index < -0.39 is 10.0 Å². The normalized spacial score (nSPS) is 14.0. The predicted molar refractivity (Wildman–Crippen MR) is 85.1 cm³/mol. The fourth-order valence-electron chi connectivity index (χ4n) is 2.57. The third kappa shape index (κ3) is 2.84. The number of hydrogen-bond acceptors (Lipinski definition) is 3. The molecule has 0 heterocycles. The molecule has 0 aromatic heterocycles. The van der Waals surface area contributed by atoms with E-state index in [0.717, 1.165) is 19.3 Å². The standard InChI is InChI=1S/C15H15ClN2O2S/c16-14-7-5-12(17)9-15(14)21(19,20)18-13-6-4-10-2-1-3-11(10)8-13/h4-9,18H,1-3,17H2. The average molecular weight is 323 g/mol. The maximum Gasteiger partial charge on any atom is 0.263 e. The topological polar surface area (TPSA) is 72.2 Å². The van der Waals surface area contributed by atoms with Crippen LogP contribution in [0.4, 0.5) is 11.4 Å². The Morgan fingerprint density at radius 1 is 1.05 bits per heavy atom. The lowest BCUT2D eigenvalue weighted by Gasteiger charge is -2.11. The summed E-state index contributed by atoms with van der Waals surface area (Å²) in [6, 6.07) is 10.0. The van der Waals surface area contributed by atoms with E-state index in [9.17, 15) is 8.42 Å². The van der Waals surface area contributed by atoms with Gasteiger partial charge in [-0.3, -0.25) is 4.72 Å². The summed E-state index contributed by atoms with van der Waals surface area (Å²) < 4.78 is 27.4. The van der Waals surface area contributed by atoms with E-state index in [4.69, 9.17) is 17.3 Å². The molecule has 110 valence electrons. The summed E-state index contributed by atoms with van der Waals surface area (Å²) in [5.74, 6) is 0. The van der Waals surface area contributed by atoms with E-state index in [0.29, 0.717) is 11.4 Å². The second-order valence-electron chi connectivity index (χ2n) is 5.13. The molecule has 3 rings (SSSR count). The second kappa shape index (κ2) is 5.24. The van der Waals surface area contributed by atoms with Gasteiger partial charge in [0.05, 0.1) is 5.02 Å². The zero-order chi connectivity index (χ0) is 15.0. The average Bonchev–Trinajstić information content (AvgIpc) is 2.88. The molecule has 0 unspecified atom stereocenters. The second-order valence-corrected chi connectivity index (χ2v) is 7.19. The van der Waals surface area contributed by atoms with Crippen molar-refractivity contribution in [2.45, 2.75) is 24.2 Å². The largest absolute Gasteiger partial charge is 0.399 e. The third-order valence-corrected chi connectivity index (χ3v) is 5.46. The van der Waals surface area contributed by atoms with Crippen LogP contribution in [0.15, 0.2) is 41.3 Å². The van der Waals surface area contributed by atoms with Gasteiger partial charge in [0.15, 0.2) is 0 Å². The molecule has 0 atom stereocenters. The molecule has 0 bridgehead atoms. The predicted octanol–water partition coefficient (Wildman–Crippen LogP) is 3.21. The molecule has 1 aliphatic rings. The lowest BCUT2D eigenvalue weighted by atomic mass is 10.1. The zero-order valence-electron chi connectivity index (χ0n) is 11.3. The van der Waals surface area contributed by atoms with Gasteiger partial charge in [-0.2, -0.15) is 0 Å². The molecule has 0 spiro atoms. The van der Waals surface area contributed by atoms with E-state index in [1.165, 1.54) is 23.3 Å². The highest BCUT2D eigenvalue weighted by molar-refractivity contribution is 7.92. The Bertz CT molecular complexity index is 803. The van der Waals surface area contributed by atoms with Gasteiger partial charge in [0.2, 0.25) is 0 Å². The summed E-state index contributed by atoms with van der Waals surface area (Å²) in [5, 5.41) is 0.151. The molecule has 0 radical (unpaired) electrons. The monoisotopic (exact) mass is 322 g/mol. The fraction of sp³-hybridized carbons (Fsp3) is 0.200. The van der Waals surface area contributed by atoms with Gasteiger partial charge in [-0.15, -0.1) is 0 Å². The zero-order valence-corrected chi connectivity index (χ0v) is 12.8. The Labute approximate surface area is 129 Å². The van der Waals surface area contributed by atoms with E-state index >= 15 is 0 Å². The molecule has 1 aliphatic carbocycles. The Hall–Kier alpha value is -1.72. The molecular weight excluding hydrogens is 308 g/mol. The number of halogens is 1. The summed E-state index contributed by atoms with van der Waals surface area (Å²) >= 11 is 5.97. The number of hydrogen-bond donors (Lipinski definition) is 2. The van der Waals surface area contributed by atoms with Crippen molar-refractivity contribution in [3.05, 3.63) is 52.5 Å². The van der Waals surface area contributed by atoms with Crippen molar-refractivity contribution in [1.82, 2.24) is 0 Å². The molecule has 0 aliphatic heterocycles. The fourth-order valence-corrected chi connectivity index (χ4v) is 4.16. The first-order chi connectivity index (χ1) is 9.95. The van der Waals surface area contributed by atoms with E-state index in [1.54, 1.807) is 12.1 Å². The van der Waals surface area contributed by atoms with Crippen LogP contribution >= 0.6 is 11.6 Å². The van der Waals surface area contributed by atoms with Crippen LogP contribution < -0.4 is 10.5 Å². The highest BCUT2D eigenvalue weighted by atomic mass is 35.5. The van der Waals surface area contributed by atoms with Gasteiger partial charge in [-0.05, 0) is 60.7 Å². The Morgan fingerprint density at radius 2 is 1.81 bits per heavy atom. The van der Waals surface area contributed by atoms with Gasteiger partial charge in [0.1, 0.15) is 4.90 Å². The van der Waals surface area contributed by atoms with Gasteiger partial charge in [-0.1, -0.05) is 17.7 Å². The Balaban J connectivity index is 1.94. The first-order valence-corrected chi connectivity index (χ1v) is 8.51. The van der Waals surface area contributed by atoms with Crippen molar-refractivity contribution in [1.29, 1.82) is 0 Å². The van der Waals surface area contributed by atoms with Crippen LogP contribution in [0, 0.1) is 0 Å². The number of nitrogens with two attached hydrogens (primary N) is 1.